The van der Waals surface area contributed by atoms with Crippen LogP contribution < -0.4 is 4.90 Å². The summed E-state index contributed by atoms with van der Waals surface area (Å²) in [5.74, 6) is -2.47. The first kappa shape index (κ1) is 10.9. The zero-order valence-electron chi connectivity index (χ0n) is 8.22. The largest absolute Gasteiger partial charge is 0.371 e. The van der Waals surface area contributed by atoms with E-state index in [0.717, 1.165) is 10.2 Å². The van der Waals surface area contributed by atoms with E-state index in [4.69, 9.17) is 0 Å². The maximum absolute atomic E-state index is 12.9. The van der Waals surface area contributed by atoms with Gasteiger partial charge in [0.2, 0.25) is 0 Å². The summed E-state index contributed by atoms with van der Waals surface area (Å²) in [6, 6.07) is 7.77. The molecule has 82 valence electrons. The molecule has 0 atom stereocenters. The third-order valence-corrected chi connectivity index (χ3v) is 3.22. The summed E-state index contributed by atoms with van der Waals surface area (Å²) in [5.41, 5.74) is 1.02. The molecule has 0 spiro atoms. The van der Waals surface area contributed by atoms with Crippen molar-refractivity contribution in [2.75, 3.05) is 18.0 Å². The lowest BCUT2D eigenvalue weighted by Crippen LogP contribution is -2.39. The minimum atomic E-state index is -2.47. The summed E-state index contributed by atoms with van der Waals surface area (Å²) < 4.78 is 26.9. The second-order valence-corrected chi connectivity index (χ2v) is 4.74. The van der Waals surface area contributed by atoms with Gasteiger partial charge in [0.25, 0.3) is 5.92 Å². The van der Waals surface area contributed by atoms with Gasteiger partial charge in [0, 0.05) is 36.1 Å². The number of alkyl halides is 2. The molecule has 1 aromatic rings. The van der Waals surface area contributed by atoms with E-state index < -0.39 is 5.92 Å². The van der Waals surface area contributed by atoms with Gasteiger partial charge < -0.3 is 4.90 Å². The van der Waals surface area contributed by atoms with Crippen LogP contribution in [0.5, 0.6) is 0 Å². The van der Waals surface area contributed by atoms with Crippen molar-refractivity contribution in [2.24, 2.45) is 0 Å². The van der Waals surface area contributed by atoms with Gasteiger partial charge in [-0.3, -0.25) is 0 Å². The van der Waals surface area contributed by atoms with Crippen molar-refractivity contribution in [1.29, 1.82) is 0 Å². The maximum Gasteiger partial charge on any atom is 0.251 e. The van der Waals surface area contributed by atoms with Crippen LogP contribution in [-0.2, 0) is 0 Å². The molecule has 1 aliphatic rings. The monoisotopic (exact) mass is 275 g/mol. The molecule has 1 heterocycles. The van der Waals surface area contributed by atoms with E-state index in [1.165, 1.54) is 0 Å². The first-order valence-electron chi connectivity index (χ1n) is 4.95. The van der Waals surface area contributed by atoms with Gasteiger partial charge in [-0.25, -0.2) is 8.78 Å². The predicted molar refractivity (Wildman–Crippen MR) is 60.5 cm³/mol. The predicted octanol–water partition coefficient (Wildman–Crippen LogP) is 3.68. The maximum atomic E-state index is 12.9. The summed E-state index contributed by atoms with van der Waals surface area (Å²) >= 11 is 3.35. The number of hydrogen-bond donors (Lipinski definition) is 0. The van der Waals surface area contributed by atoms with Crippen molar-refractivity contribution < 1.29 is 8.78 Å². The lowest BCUT2D eigenvalue weighted by molar-refractivity contribution is -0.0220. The number of hydrogen-bond acceptors (Lipinski definition) is 1. The van der Waals surface area contributed by atoms with E-state index in [1.54, 1.807) is 0 Å². The van der Waals surface area contributed by atoms with Crippen LogP contribution in [-0.4, -0.2) is 19.0 Å². The summed E-state index contributed by atoms with van der Waals surface area (Å²) in [5, 5.41) is 0. The number of benzene rings is 1. The number of piperidine rings is 1. The van der Waals surface area contributed by atoms with E-state index in [9.17, 15) is 8.78 Å². The Labute approximate surface area is 96.2 Å². The minimum Gasteiger partial charge on any atom is -0.371 e. The Morgan fingerprint density at radius 1 is 1.07 bits per heavy atom. The molecule has 4 heteroatoms. The molecule has 0 aliphatic carbocycles. The fourth-order valence-corrected chi connectivity index (χ4v) is 2.01. The minimum absolute atomic E-state index is 0.0386. The van der Waals surface area contributed by atoms with Crippen LogP contribution in [0.25, 0.3) is 0 Å². The van der Waals surface area contributed by atoms with Gasteiger partial charge in [-0.1, -0.05) is 15.9 Å². The van der Waals surface area contributed by atoms with E-state index in [-0.39, 0.29) is 12.8 Å². The highest BCUT2D eigenvalue weighted by atomic mass is 79.9. The number of anilines is 1. The Hall–Kier alpha value is -0.640. The highest BCUT2D eigenvalue weighted by molar-refractivity contribution is 9.10. The van der Waals surface area contributed by atoms with E-state index in [0.29, 0.717) is 13.1 Å². The highest BCUT2D eigenvalue weighted by Gasteiger charge is 2.33. The number of nitrogens with zero attached hydrogens (tertiary/aromatic N) is 1. The van der Waals surface area contributed by atoms with Gasteiger partial charge in [-0.2, -0.15) is 0 Å². The molecule has 15 heavy (non-hydrogen) atoms. The Balaban J connectivity index is 2.04. The Morgan fingerprint density at radius 2 is 1.60 bits per heavy atom. The first-order valence-corrected chi connectivity index (χ1v) is 5.74. The molecule has 1 saturated heterocycles. The van der Waals surface area contributed by atoms with Gasteiger partial charge in [0.1, 0.15) is 0 Å². The van der Waals surface area contributed by atoms with Gasteiger partial charge in [-0.05, 0) is 24.3 Å². The lowest BCUT2D eigenvalue weighted by atomic mass is 10.1. The van der Waals surface area contributed by atoms with Crippen LogP contribution in [0.15, 0.2) is 28.7 Å². The topological polar surface area (TPSA) is 3.24 Å². The molecule has 0 unspecified atom stereocenters. The molecule has 0 radical (unpaired) electrons. The Kier molecular flexibility index (Phi) is 2.96. The van der Waals surface area contributed by atoms with Crippen molar-refractivity contribution in [3.05, 3.63) is 28.7 Å². The average molecular weight is 276 g/mol. The summed E-state index contributed by atoms with van der Waals surface area (Å²) in [4.78, 5) is 2.00. The summed E-state index contributed by atoms with van der Waals surface area (Å²) in [6.07, 6.45) is -0.0773. The van der Waals surface area contributed by atoms with Gasteiger partial charge >= 0.3 is 0 Å². The molecule has 0 bridgehead atoms. The van der Waals surface area contributed by atoms with Crippen molar-refractivity contribution in [1.82, 2.24) is 0 Å². The summed E-state index contributed by atoms with van der Waals surface area (Å²) in [6.45, 7) is 0.878. The van der Waals surface area contributed by atoms with Crippen molar-refractivity contribution >= 4 is 21.6 Å². The molecular formula is C11H12BrF2N. The van der Waals surface area contributed by atoms with Crippen molar-refractivity contribution in [3.63, 3.8) is 0 Å². The van der Waals surface area contributed by atoms with Gasteiger partial charge in [-0.15, -0.1) is 0 Å². The smallest absolute Gasteiger partial charge is 0.251 e. The van der Waals surface area contributed by atoms with Crippen molar-refractivity contribution in [3.8, 4) is 0 Å². The van der Waals surface area contributed by atoms with E-state index in [2.05, 4.69) is 15.9 Å². The fourth-order valence-electron chi connectivity index (χ4n) is 1.74. The molecule has 1 aliphatic heterocycles. The lowest BCUT2D eigenvalue weighted by Gasteiger charge is -2.33. The number of halogens is 3. The summed E-state index contributed by atoms with van der Waals surface area (Å²) in [7, 11) is 0. The molecule has 0 N–H and O–H groups in total. The zero-order valence-corrected chi connectivity index (χ0v) is 9.80. The van der Waals surface area contributed by atoms with E-state index >= 15 is 0 Å². The van der Waals surface area contributed by atoms with Crippen LogP contribution in [0, 0.1) is 0 Å². The molecule has 0 aromatic heterocycles. The molecule has 0 amide bonds. The second-order valence-electron chi connectivity index (χ2n) is 3.82. The van der Waals surface area contributed by atoms with Crippen LogP contribution in [0.1, 0.15) is 12.8 Å². The quantitative estimate of drug-likeness (QED) is 0.756. The SMILES string of the molecule is FC1(F)CCN(c2ccc(Br)cc2)CC1. The number of rotatable bonds is 1. The van der Waals surface area contributed by atoms with Crippen LogP contribution in [0.3, 0.4) is 0 Å². The molecule has 1 aromatic carbocycles. The Bertz CT molecular complexity index is 327. The fraction of sp³-hybridized carbons (Fsp3) is 0.455. The molecular weight excluding hydrogens is 264 g/mol. The third-order valence-electron chi connectivity index (χ3n) is 2.69. The van der Waals surface area contributed by atoms with Gasteiger partial charge in [0.05, 0.1) is 0 Å². The third kappa shape index (κ3) is 2.68. The Morgan fingerprint density at radius 3 is 2.13 bits per heavy atom. The first-order chi connectivity index (χ1) is 7.07. The molecule has 0 saturated carbocycles. The second kappa shape index (κ2) is 4.08. The standard InChI is InChI=1S/C11H12BrF2N/c12-9-1-3-10(4-2-9)15-7-5-11(13,14)6-8-15/h1-4H,5-8H2. The zero-order chi connectivity index (χ0) is 10.9. The van der Waals surface area contributed by atoms with Crippen LogP contribution in [0.2, 0.25) is 0 Å². The van der Waals surface area contributed by atoms with Crippen molar-refractivity contribution in [2.45, 2.75) is 18.8 Å². The van der Waals surface area contributed by atoms with Crippen LogP contribution in [0.4, 0.5) is 14.5 Å². The van der Waals surface area contributed by atoms with E-state index in [1.807, 2.05) is 29.2 Å². The molecule has 2 rings (SSSR count). The normalized spacial score (nSPS) is 20.3. The average Bonchev–Trinajstić information content (AvgIpc) is 2.20. The molecule has 1 fully saturated rings. The molecule has 1 nitrogen and oxygen atoms in total. The van der Waals surface area contributed by atoms with Crippen LogP contribution >= 0.6 is 15.9 Å². The highest BCUT2D eigenvalue weighted by Crippen LogP contribution is 2.30. The van der Waals surface area contributed by atoms with Gasteiger partial charge in [0.15, 0.2) is 0 Å².